The van der Waals surface area contributed by atoms with Crippen molar-refractivity contribution in [2.24, 2.45) is 5.73 Å². The summed E-state index contributed by atoms with van der Waals surface area (Å²) in [7, 11) is 0. The quantitative estimate of drug-likeness (QED) is 0.0527. The molecule has 0 aliphatic carbocycles. The van der Waals surface area contributed by atoms with E-state index in [2.05, 4.69) is 17.1 Å². The number of allylic oxidation sites excluding steroid dienone is 2. The van der Waals surface area contributed by atoms with Gasteiger partial charge in [0.15, 0.2) is 0 Å². The second-order valence-corrected chi connectivity index (χ2v) is 16.6. The number of aliphatic hydroxyl groups excluding tert-OH is 1. The van der Waals surface area contributed by atoms with Gasteiger partial charge in [-0.3, -0.25) is 4.79 Å². The Kier molecular flexibility index (Phi) is 11.3. The van der Waals surface area contributed by atoms with Crippen LogP contribution in [0.25, 0.3) is 10.9 Å². The van der Waals surface area contributed by atoms with Crippen LogP contribution < -0.4 is 15.2 Å². The van der Waals surface area contributed by atoms with Gasteiger partial charge in [0.25, 0.3) is 0 Å². The first-order valence-electron chi connectivity index (χ1n) is 13.9. The zero-order valence-corrected chi connectivity index (χ0v) is 26.1. The zero-order chi connectivity index (χ0) is 28.6. The van der Waals surface area contributed by atoms with Crippen LogP contribution in [0.5, 0.6) is 11.6 Å². The number of hydrogen-bond donors (Lipinski definition) is 3. The molecule has 11 heteroatoms. The minimum Gasteiger partial charge on any atom is -0.212 e. The summed E-state index contributed by atoms with van der Waals surface area (Å²) in [5, 5.41) is 20.9. The van der Waals surface area contributed by atoms with Crippen molar-refractivity contribution in [2.45, 2.75) is 79.1 Å². The number of likely N-dealkylation sites (tertiary alicyclic amines) is 1. The maximum atomic E-state index is 12.3. The van der Waals surface area contributed by atoms with E-state index in [4.69, 9.17) is 20.3 Å². The van der Waals surface area contributed by atoms with E-state index in [1.807, 2.05) is 31.4 Å². The number of amides is 1. The van der Waals surface area contributed by atoms with Crippen molar-refractivity contribution in [1.29, 1.82) is 0 Å². The second-order valence-electron chi connectivity index (χ2n) is 10.1. The fraction of sp³-hybridized carbons (Fsp3) is 0.552. The second kappa shape index (κ2) is 14.7. The molecule has 2 saturated heterocycles. The molecule has 2 fully saturated rings. The molecular formula is C29H40IN3O6S. The van der Waals surface area contributed by atoms with Crippen LogP contribution in [-0.4, -0.2) is 76.1 Å². The van der Waals surface area contributed by atoms with Gasteiger partial charge in [-0.2, -0.15) is 0 Å². The third kappa shape index (κ3) is 8.01. The molecule has 4 rings (SSSR count). The molecule has 0 radical (unpaired) electrons. The maximum absolute atomic E-state index is 12.3. The van der Waals surface area contributed by atoms with Crippen LogP contribution in [0.15, 0.2) is 41.3 Å². The van der Waals surface area contributed by atoms with Gasteiger partial charge in [-0.05, 0) is 25.3 Å². The van der Waals surface area contributed by atoms with Gasteiger partial charge in [0.2, 0.25) is 11.8 Å². The van der Waals surface area contributed by atoms with E-state index in [-0.39, 0.29) is 6.10 Å². The fourth-order valence-electron chi connectivity index (χ4n) is 5.15. The molecule has 220 valence electrons. The average molecular weight is 686 g/mol. The molecule has 0 saturated carbocycles. The fourth-order valence-corrected chi connectivity index (χ4v) is 9.69. The van der Waals surface area contributed by atoms with Gasteiger partial charge in [0.05, 0.1) is 12.1 Å². The predicted molar refractivity (Wildman–Crippen MR) is 167 cm³/mol. The number of aliphatic hydroxyl groups is 1. The number of thioether (sulfide) groups is 1. The van der Waals surface area contributed by atoms with Gasteiger partial charge >= 0.3 is 122 Å². The van der Waals surface area contributed by atoms with E-state index in [1.54, 1.807) is 22.7 Å². The van der Waals surface area contributed by atoms with E-state index in [0.717, 1.165) is 52.3 Å². The first kappa shape index (κ1) is 30.9. The summed E-state index contributed by atoms with van der Waals surface area (Å²) in [5.74, 6) is 0.675. The Morgan fingerprint density at radius 3 is 2.80 bits per heavy atom. The number of nitrogens with two attached hydrogens (primary N) is 1. The van der Waals surface area contributed by atoms with Gasteiger partial charge < -0.3 is 15.2 Å². The molecule has 4 N–H and O–H groups in total. The summed E-state index contributed by atoms with van der Waals surface area (Å²) in [6, 6.07) is 7.16. The third-order valence-electron chi connectivity index (χ3n) is 7.24. The van der Waals surface area contributed by atoms with Gasteiger partial charge in [0, 0.05) is 22.8 Å². The summed E-state index contributed by atoms with van der Waals surface area (Å²) in [6.45, 7) is 2.79. The number of benzene rings is 1. The molecule has 4 atom stereocenters. The molecule has 0 spiro atoms. The van der Waals surface area contributed by atoms with Crippen LogP contribution in [-0.2, 0) is 4.79 Å². The Hall–Kier alpha value is -2.09. The molecule has 40 heavy (non-hydrogen) atoms. The van der Waals surface area contributed by atoms with Crippen LogP contribution in [0, 0.1) is 0 Å². The first-order chi connectivity index (χ1) is 19.3. The molecular weight excluding hydrogens is 645 g/mol. The Labute approximate surface area is 247 Å². The zero-order valence-electron chi connectivity index (χ0n) is 23.1. The number of aromatic nitrogens is 1. The van der Waals surface area contributed by atoms with Crippen molar-refractivity contribution >= 4 is 52.4 Å². The minimum atomic E-state index is -1.68. The van der Waals surface area contributed by atoms with E-state index < -0.39 is 42.0 Å². The minimum absolute atomic E-state index is 0.312. The Morgan fingerprint density at radius 1 is 1.30 bits per heavy atom. The van der Waals surface area contributed by atoms with Gasteiger partial charge in [-0.15, -0.1) is 11.8 Å². The number of primary amides is 1. The smallest absolute Gasteiger partial charge is 0.212 e. The Morgan fingerprint density at radius 2 is 2.10 bits per heavy atom. The van der Waals surface area contributed by atoms with Crippen molar-refractivity contribution in [3.05, 3.63) is 36.4 Å². The normalized spacial score (nSPS) is 22.6. The third-order valence-corrected chi connectivity index (χ3v) is 12.8. The number of para-hydroxylation sites is 1. The Bertz CT molecular complexity index is 1210. The number of ether oxygens (including phenoxy) is 2. The summed E-state index contributed by atoms with van der Waals surface area (Å²) in [6.07, 6.45) is 11.0. The number of rotatable bonds is 16. The van der Waals surface area contributed by atoms with Crippen molar-refractivity contribution in [1.82, 2.24) is 9.88 Å². The molecule has 1 aromatic carbocycles. The van der Waals surface area contributed by atoms with E-state index >= 15 is 0 Å². The van der Waals surface area contributed by atoms with Crippen LogP contribution in [0.4, 0.5) is 4.79 Å². The van der Waals surface area contributed by atoms with Crippen molar-refractivity contribution in [2.75, 3.05) is 23.8 Å². The number of carbonyl (C=O) groups excluding carboxylic acids is 1. The number of fused-ring (bicyclic) bond motifs is 1. The number of carbonyl (C=O) groups is 2. The van der Waals surface area contributed by atoms with Crippen LogP contribution >= 0.6 is 31.6 Å². The first-order valence-corrected chi connectivity index (χ1v) is 18.9. The molecule has 2 aromatic rings. The number of alkyl halides is 2. The van der Waals surface area contributed by atoms with Gasteiger partial charge in [0.1, 0.15) is 11.9 Å². The predicted octanol–water partition coefficient (Wildman–Crippen LogP) is 5.44. The van der Waals surface area contributed by atoms with Crippen molar-refractivity contribution in [3.8, 4) is 11.6 Å². The monoisotopic (exact) mass is 685 g/mol. The summed E-state index contributed by atoms with van der Waals surface area (Å²) in [5.41, 5.74) is 6.54. The molecule has 0 bridgehead atoms. The van der Waals surface area contributed by atoms with Crippen LogP contribution in [0.1, 0.15) is 51.9 Å². The molecule has 1 unspecified atom stereocenters. The molecule has 9 nitrogen and oxygen atoms in total. The summed E-state index contributed by atoms with van der Waals surface area (Å²) >= 11 is -0.0756. The van der Waals surface area contributed by atoms with Crippen molar-refractivity contribution < 1.29 is 29.3 Å². The average Bonchev–Trinajstić information content (AvgIpc) is 3.59. The number of nitrogens with zero attached hydrogens (tertiary/aromatic N) is 2. The summed E-state index contributed by atoms with van der Waals surface area (Å²) in [4.78, 5) is 30.7. The number of unbranched alkanes of at least 4 members (excludes halogenated alkanes) is 4. The van der Waals surface area contributed by atoms with Crippen LogP contribution in [0.3, 0.4) is 0 Å². The number of hydrogen-bond acceptors (Lipinski definition) is 8. The standard InChI is InChI=1S/C29H40IN3O6S/c1-3-38-25-16-23(21-12-10-13-24(40-2)27(21)32-25)39-20-15-22(28(31)35)33(18-20)26(34)14-9-7-5-4-6-8-11-19-17-30(19)29(36)37/h8,10-13,16,19-20,22,26,34H,3-7,9,14-15,17-18H2,1-2H3,(H2,31,35)(H,36,37)/b11-8-/t19-,20-,22+,26?/m1/s1. The van der Waals surface area contributed by atoms with E-state index in [0.29, 0.717) is 41.5 Å². The molecule has 3 heterocycles. The number of halogens is 1. The van der Waals surface area contributed by atoms with Crippen molar-refractivity contribution in [3.63, 3.8) is 0 Å². The topological polar surface area (TPSA) is 135 Å². The Balaban J connectivity index is 1.29. The SMILES string of the molecule is CCOc1cc(O[C@@H]2C[C@@H](C(N)=O)N(C(O)CCCCCC/C=C\[C@@H]3CI3C(=O)O)C2)c2cccc(SC)c2n1. The number of carboxylic acid groups (broad SMARTS) is 1. The summed E-state index contributed by atoms with van der Waals surface area (Å²) < 4.78 is 12.9. The number of pyridine rings is 1. The molecule has 1 amide bonds. The van der Waals surface area contributed by atoms with E-state index in [9.17, 15) is 14.7 Å². The van der Waals surface area contributed by atoms with Gasteiger partial charge in [-0.1, -0.05) is 6.07 Å². The van der Waals surface area contributed by atoms with E-state index in [1.165, 1.54) is 0 Å². The van der Waals surface area contributed by atoms with Gasteiger partial charge in [-0.25, -0.2) is 4.98 Å². The molecule has 2 aliphatic heterocycles. The van der Waals surface area contributed by atoms with Crippen LogP contribution in [0.2, 0.25) is 0 Å². The molecule has 2 aliphatic rings. The molecule has 1 aromatic heterocycles.